The second-order valence-corrected chi connectivity index (χ2v) is 5.56. The van der Waals surface area contributed by atoms with Crippen molar-refractivity contribution in [3.63, 3.8) is 0 Å². The van der Waals surface area contributed by atoms with Gasteiger partial charge in [0.15, 0.2) is 0 Å². The molecule has 0 aromatic carbocycles. The molecule has 0 aliphatic heterocycles. The highest BCUT2D eigenvalue weighted by Crippen LogP contribution is 2.10. The van der Waals surface area contributed by atoms with Crippen LogP contribution in [0.5, 0.6) is 0 Å². The Hall–Kier alpha value is -0.880. The van der Waals surface area contributed by atoms with E-state index in [-0.39, 0.29) is 10.5 Å². The van der Waals surface area contributed by atoms with Crippen LogP contribution in [0.1, 0.15) is 38.5 Å². The van der Waals surface area contributed by atoms with E-state index < -0.39 is 0 Å². The first kappa shape index (κ1) is 20.1. The van der Waals surface area contributed by atoms with Crippen LogP contribution in [-0.2, 0) is 4.79 Å². The highest BCUT2D eigenvalue weighted by molar-refractivity contribution is 6.55. The van der Waals surface area contributed by atoms with Gasteiger partial charge in [-0.25, -0.2) is 0 Å². The molecule has 0 aromatic rings. The molecule has 0 spiro atoms. The summed E-state index contributed by atoms with van der Waals surface area (Å²) in [7, 11) is 0. The molecule has 0 aromatic heterocycles. The van der Waals surface area contributed by atoms with Gasteiger partial charge in [-0.05, 0) is 44.3 Å². The molecule has 0 bridgehead atoms. The summed E-state index contributed by atoms with van der Waals surface area (Å²) in [6.45, 7) is 0. The highest BCUT2D eigenvalue weighted by Gasteiger charge is 2.05. The van der Waals surface area contributed by atoms with Crippen LogP contribution in [0.2, 0.25) is 0 Å². The van der Waals surface area contributed by atoms with Crippen molar-refractivity contribution >= 4 is 41.2 Å². The molecule has 5 heteroatoms. The minimum absolute atomic E-state index is 0.202. The van der Waals surface area contributed by atoms with Crippen molar-refractivity contribution in [2.45, 2.75) is 44.6 Å². The van der Waals surface area contributed by atoms with E-state index in [0.29, 0.717) is 0 Å². The van der Waals surface area contributed by atoms with Crippen molar-refractivity contribution in [3.8, 4) is 11.8 Å². The zero-order chi connectivity index (χ0) is 15.8. The SMILES string of the molecule is O=CNC(CCCC#C/C=C\Cl)CCC/C=C\C=C(Cl)Cl. The van der Waals surface area contributed by atoms with E-state index in [1.54, 1.807) is 12.2 Å². The number of allylic oxidation sites excluding steroid dienone is 4. The summed E-state index contributed by atoms with van der Waals surface area (Å²) in [6.07, 6.45) is 13.4. The lowest BCUT2D eigenvalue weighted by atomic mass is 10.0. The Morgan fingerprint density at radius 2 is 2.00 bits per heavy atom. The third-order valence-electron chi connectivity index (χ3n) is 2.69. The number of amides is 1. The minimum atomic E-state index is 0.202. The lowest BCUT2D eigenvalue weighted by molar-refractivity contribution is -0.110. The molecule has 116 valence electrons. The lowest BCUT2D eigenvalue weighted by Crippen LogP contribution is -2.27. The molecule has 21 heavy (non-hydrogen) atoms. The van der Waals surface area contributed by atoms with Crippen molar-refractivity contribution in [2.24, 2.45) is 0 Å². The van der Waals surface area contributed by atoms with Gasteiger partial charge < -0.3 is 5.32 Å². The van der Waals surface area contributed by atoms with Gasteiger partial charge in [0.1, 0.15) is 4.49 Å². The maximum absolute atomic E-state index is 10.6. The number of hydrogen-bond acceptors (Lipinski definition) is 1. The maximum Gasteiger partial charge on any atom is 0.207 e. The lowest BCUT2D eigenvalue weighted by Gasteiger charge is -2.14. The predicted octanol–water partition coefficient (Wildman–Crippen LogP) is 5.07. The Kier molecular flexibility index (Phi) is 14.9. The average molecular weight is 349 g/mol. The zero-order valence-electron chi connectivity index (χ0n) is 11.8. The second kappa shape index (κ2) is 15.5. The van der Waals surface area contributed by atoms with E-state index in [4.69, 9.17) is 34.8 Å². The summed E-state index contributed by atoms with van der Waals surface area (Å²) in [6, 6.07) is 0.202. The number of halogens is 3. The van der Waals surface area contributed by atoms with Gasteiger partial charge in [0, 0.05) is 18.0 Å². The van der Waals surface area contributed by atoms with Gasteiger partial charge in [0.25, 0.3) is 0 Å². The number of unbranched alkanes of at least 4 members (excludes halogenated alkanes) is 2. The van der Waals surface area contributed by atoms with E-state index in [2.05, 4.69) is 17.2 Å². The molecular formula is C16H20Cl3NO. The first-order chi connectivity index (χ1) is 10.2. The van der Waals surface area contributed by atoms with Gasteiger partial charge in [0.05, 0.1) is 0 Å². The van der Waals surface area contributed by atoms with Crippen molar-refractivity contribution in [1.29, 1.82) is 0 Å². The van der Waals surface area contributed by atoms with Gasteiger partial charge in [-0.2, -0.15) is 0 Å². The van der Waals surface area contributed by atoms with Crippen molar-refractivity contribution in [3.05, 3.63) is 34.3 Å². The normalized spacial score (nSPS) is 12.0. The number of hydrogen-bond donors (Lipinski definition) is 1. The van der Waals surface area contributed by atoms with Crippen molar-refractivity contribution in [1.82, 2.24) is 5.32 Å². The smallest absolute Gasteiger partial charge is 0.207 e. The molecule has 1 N–H and O–H groups in total. The van der Waals surface area contributed by atoms with E-state index in [0.717, 1.165) is 44.9 Å². The van der Waals surface area contributed by atoms with Crippen molar-refractivity contribution in [2.75, 3.05) is 0 Å². The van der Waals surface area contributed by atoms with Crippen LogP contribution >= 0.6 is 34.8 Å². The molecule has 0 fully saturated rings. The maximum atomic E-state index is 10.6. The number of carbonyl (C=O) groups excluding carboxylic acids is 1. The Labute approximate surface area is 142 Å². The third kappa shape index (κ3) is 15.3. The highest BCUT2D eigenvalue weighted by atomic mass is 35.5. The van der Waals surface area contributed by atoms with Gasteiger partial charge in [-0.1, -0.05) is 58.8 Å². The molecule has 0 saturated heterocycles. The first-order valence-corrected chi connectivity index (χ1v) is 8.01. The molecule has 1 atom stereocenters. The van der Waals surface area contributed by atoms with Crippen molar-refractivity contribution < 1.29 is 4.79 Å². The standard InChI is InChI=1S/C16H20Cl3NO/c17-13-9-5-1-2-6-10-15(20-14-21)11-7-3-4-8-12-16(18)19/h4,8-9,12-15H,2-3,6-7,10-11H2,(H,20,21)/b8-4-,13-9-. The fourth-order valence-corrected chi connectivity index (χ4v) is 1.93. The average Bonchev–Trinajstić information content (AvgIpc) is 2.45. The Balaban J connectivity index is 3.87. The van der Waals surface area contributed by atoms with Crippen LogP contribution in [0.25, 0.3) is 0 Å². The molecule has 0 aliphatic carbocycles. The molecular weight excluding hydrogens is 329 g/mol. The summed E-state index contributed by atoms with van der Waals surface area (Å²) in [5.41, 5.74) is 1.39. The van der Waals surface area contributed by atoms with E-state index in [1.807, 2.05) is 12.2 Å². The summed E-state index contributed by atoms with van der Waals surface area (Å²) in [5, 5.41) is 2.85. The Morgan fingerprint density at radius 3 is 2.67 bits per heavy atom. The fourth-order valence-electron chi connectivity index (χ4n) is 1.73. The van der Waals surface area contributed by atoms with Crippen LogP contribution in [0.4, 0.5) is 0 Å². The fraction of sp³-hybridized carbons (Fsp3) is 0.438. The van der Waals surface area contributed by atoms with Crippen LogP contribution in [-0.4, -0.2) is 12.5 Å². The third-order valence-corrected chi connectivity index (χ3v) is 3.07. The number of rotatable bonds is 10. The molecule has 0 rings (SSSR count). The van der Waals surface area contributed by atoms with Gasteiger partial charge >= 0.3 is 0 Å². The van der Waals surface area contributed by atoms with E-state index >= 15 is 0 Å². The number of carbonyl (C=O) groups is 1. The molecule has 1 unspecified atom stereocenters. The molecule has 0 heterocycles. The first-order valence-electron chi connectivity index (χ1n) is 6.81. The quantitative estimate of drug-likeness (QED) is 0.254. The molecule has 0 radical (unpaired) electrons. The molecule has 2 nitrogen and oxygen atoms in total. The Bertz CT molecular complexity index is 415. The largest absolute Gasteiger partial charge is 0.356 e. The minimum Gasteiger partial charge on any atom is -0.356 e. The second-order valence-electron chi connectivity index (χ2n) is 4.30. The van der Waals surface area contributed by atoms with Crippen LogP contribution in [0.15, 0.2) is 34.3 Å². The summed E-state index contributed by atoms with van der Waals surface area (Å²) in [4.78, 5) is 10.6. The molecule has 0 aliphatic rings. The summed E-state index contributed by atoms with van der Waals surface area (Å²) < 4.78 is 0.247. The summed E-state index contributed by atoms with van der Waals surface area (Å²) >= 11 is 16.3. The van der Waals surface area contributed by atoms with E-state index in [9.17, 15) is 4.79 Å². The van der Waals surface area contributed by atoms with Crippen LogP contribution in [0, 0.1) is 11.8 Å². The van der Waals surface area contributed by atoms with Crippen LogP contribution < -0.4 is 5.32 Å². The van der Waals surface area contributed by atoms with Gasteiger partial charge in [-0.15, -0.1) is 0 Å². The van der Waals surface area contributed by atoms with Gasteiger partial charge in [0.2, 0.25) is 6.41 Å². The van der Waals surface area contributed by atoms with Crippen LogP contribution in [0.3, 0.4) is 0 Å². The summed E-state index contributed by atoms with van der Waals surface area (Å²) in [5.74, 6) is 5.83. The monoisotopic (exact) mass is 347 g/mol. The molecule has 0 saturated carbocycles. The molecule has 1 amide bonds. The predicted molar refractivity (Wildman–Crippen MR) is 92.4 cm³/mol. The zero-order valence-corrected chi connectivity index (χ0v) is 14.1. The Morgan fingerprint density at radius 1 is 1.24 bits per heavy atom. The van der Waals surface area contributed by atoms with Gasteiger partial charge in [-0.3, -0.25) is 4.79 Å². The number of nitrogens with one attached hydrogen (secondary N) is 1. The topological polar surface area (TPSA) is 29.1 Å². The van der Waals surface area contributed by atoms with E-state index in [1.165, 1.54) is 5.54 Å².